The first kappa shape index (κ1) is 20.0. The fourth-order valence-electron chi connectivity index (χ4n) is 3.66. The third-order valence-electron chi connectivity index (χ3n) is 4.92. The molecule has 0 unspecified atom stereocenters. The number of aromatic nitrogens is 1. The average molecular weight is 418 g/mol. The molecule has 5 nitrogen and oxygen atoms in total. The molecule has 0 aliphatic heterocycles. The minimum atomic E-state index is -0.103. The molecule has 0 aliphatic rings. The van der Waals surface area contributed by atoms with E-state index in [1.54, 1.807) is 0 Å². The number of hydrogen-bond donors (Lipinski definition) is 2. The first-order chi connectivity index (χ1) is 14.5. The van der Waals surface area contributed by atoms with Crippen molar-refractivity contribution in [3.05, 3.63) is 66.7 Å². The fourth-order valence-corrected chi connectivity index (χ4v) is 4.35. The highest BCUT2D eigenvalue weighted by atomic mass is 32.2. The van der Waals surface area contributed by atoms with Crippen molar-refractivity contribution in [3.63, 3.8) is 0 Å². The molecule has 0 radical (unpaired) electrons. The smallest absolute Gasteiger partial charge is 0.234 e. The Kier molecular flexibility index (Phi) is 5.77. The Labute approximate surface area is 179 Å². The second-order valence-corrected chi connectivity index (χ2v) is 8.08. The number of fused-ring (bicyclic) bond motifs is 3. The van der Waals surface area contributed by atoms with Crippen molar-refractivity contribution in [3.8, 4) is 0 Å². The van der Waals surface area contributed by atoms with E-state index in [-0.39, 0.29) is 11.8 Å². The molecule has 0 atom stereocenters. The maximum atomic E-state index is 12.5. The zero-order valence-corrected chi connectivity index (χ0v) is 17.8. The van der Waals surface area contributed by atoms with Gasteiger partial charge in [-0.2, -0.15) is 0 Å². The maximum absolute atomic E-state index is 12.5. The lowest BCUT2D eigenvalue weighted by molar-refractivity contribution is -0.114. The average Bonchev–Trinajstić information content (AvgIpc) is 3.06. The number of thioether (sulfide) groups is 1. The SMILES string of the molecule is CCn1c2ccccc2c2cc(NC(=O)CSc3ccc(NC(C)=O)cc3)ccc21. The summed E-state index contributed by atoms with van der Waals surface area (Å²) in [5.41, 5.74) is 3.92. The van der Waals surface area contributed by atoms with Crippen LogP contribution in [0.5, 0.6) is 0 Å². The number of hydrogen-bond acceptors (Lipinski definition) is 3. The first-order valence-electron chi connectivity index (χ1n) is 9.86. The molecule has 1 aromatic heterocycles. The van der Waals surface area contributed by atoms with Crippen LogP contribution < -0.4 is 10.6 Å². The Bertz CT molecular complexity index is 1230. The Morgan fingerprint density at radius 1 is 0.867 bits per heavy atom. The number of carbonyl (C=O) groups excluding carboxylic acids is 2. The number of nitrogens with zero attached hydrogens (tertiary/aromatic N) is 1. The Morgan fingerprint density at radius 2 is 1.57 bits per heavy atom. The van der Waals surface area contributed by atoms with Crippen LogP contribution in [0.4, 0.5) is 11.4 Å². The summed E-state index contributed by atoms with van der Waals surface area (Å²) in [6, 6.07) is 21.9. The van der Waals surface area contributed by atoms with Crippen LogP contribution in [-0.4, -0.2) is 22.1 Å². The van der Waals surface area contributed by atoms with E-state index in [4.69, 9.17) is 0 Å². The van der Waals surface area contributed by atoms with Gasteiger partial charge in [0, 0.05) is 51.5 Å². The molecule has 6 heteroatoms. The standard InChI is InChI=1S/C24H23N3O2S/c1-3-27-22-7-5-4-6-20(22)21-14-18(10-13-23(21)27)26-24(29)15-30-19-11-8-17(9-12-19)25-16(2)28/h4-14H,3,15H2,1-2H3,(H,25,28)(H,26,29). The highest BCUT2D eigenvalue weighted by Gasteiger charge is 2.11. The molecule has 2 N–H and O–H groups in total. The van der Waals surface area contributed by atoms with Gasteiger partial charge in [-0.15, -0.1) is 11.8 Å². The van der Waals surface area contributed by atoms with Crippen molar-refractivity contribution < 1.29 is 9.59 Å². The minimum absolute atomic E-state index is 0.0514. The van der Waals surface area contributed by atoms with Crippen molar-refractivity contribution in [2.24, 2.45) is 0 Å². The molecular formula is C24H23N3O2S. The topological polar surface area (TPSA) is 63.1 Å². The molecule has 0 bridgehead atoms. The van der Waals surface area contributed by atoms with Crippen molar-refractivity contribution in [1.29, 1.82) is 0 Å². The van der Waals surface area contributed by atoms with E-state index in [1.165, 1.54) is 35.1 Å². The van der Waals surface area contributed by atoms with E-state index in [0.29, 0.717) is 5.75 Å². The molecule has 152 valence electrons. The largest absolute Gasteiger partial charge is 0.341 e. The molecule has 2 amide bonds. The number of nitrogens with one attached hydrogen (secondary N) is 2. The van der Waals surface area contributed by atoms with Crippen LogP contribution in [0.15, 0.2) is 71.6 Å². The molecule has 1 heterocycles. The summed E-state index contributed by atoms with van der Waals surface area (Å²) in [6.45, 7) is 4.51. The van der Waals surface area contributed by atoms with Gasteiger partial charge in [0.25, 0.3) is 0 Å². The lowest BCUT2D eigenvalue weighted by Gasteiger charge is -2.07. The van der Waals surface area contributed by atoms with Gasteiger partial charge in [0.1, 0.15) is 0 Å². The predicted molar refractivity (Wildman–Crippen MR) is 125 cm³/mol. The van der Waals surface area contributed by atoms with Crippen LogP contribution in [0.2, 0.25) is 0 Å². The molecule has 3 aromatic carbocycles. The lowest BCUT2D eigenvalue weighted by atomic mass is 10.1. The van der Waals surface area contributed by atoms with Crippen LogP contribution in [0.3, 0.4) is 0 Å². The van der Waals surface area contributed by atoms with Gasteiger partial charge in [0.15, 0.2) is 0 Å². The van der Waals surface area contributed by atoms with E-state index < -0.39 is 0 Å². The number of rotatable bonds is 6. The highest BCUT2D eigenvalue weighted by molar-refractivity contribution is 8.00. The molecular weight excluding hydrogens is 394 g/mol. The van der Waals surface area contributed by atoms with Crippen LogP contribution in [0, 0.1) is 0 Å². The second kappa shape index (κ2) is 8.63. The van der Waals surface area contributed by atoms with Crippen LogP contribution in [0.1, 0.15) is 13.8 Å². The summed E-state index contributed by atoms with van der Waals surface area (Å²) < 4.78 is 2.29. The maximum Gasteiger partial charge on any atom is 0.234 e. The van der Waals surface area contributed by atoms with Crippen LogP contribution in [0.25, 0.3) is 21.8 Å². The van der Waals surface area contributed by atoms with Gasteiger partial charge in [0.05, 0.1) is 5.75 Å². The normalized spacial score (nSPS) is 11.0. The summed E-state index contributed by atoms with van der Waals surface area (Å²) in [5.74, 6) is 0.159. The summed E-state index contributed by atoms with van der Waals surface area (Å²) in [5, 5.41) is 8.08. The molecule has 30 heavy (non-hydrogen) atoms. The third-order valence-corrected chi connectivity index (χ3v) is 5.93. The zero-order chi connectivity index (χ0) is 21.1. The van der Waals surface area contributed by atoms with Gasteiger partial charge < -0.3 is 15.2 Å². The van der Waals surface area contributed by atoms with Crippen molar-refractivity contribution >= 4 is 56.8 Å². The molecule has 0 saturated carbocycles. The fraction of sp³-hybridized carbons (Fsp3) is 0.167. The second-order valence-electron chi connectivity index (χ2n) is 7.04. The number of aryl methyl sites for hydroxylation is 1. The van der Waals surface area contributed by atoms with E-state index in [1.807, 2.05) is 36.4 Å². The molecule has 0 spiro atoms. The Morgan fingerprint density at radius 3 is 2.30 bits per heavy atom. The van der Waals surface area contributed by atoms with E-state index in [2.05, 4.69) is 52.5 Å². The third kappa shape index (κ3) is 4.19. The van der Waals surface area contributed by atoms with Crippen molar-refractivity contribution in [2.45, 2.75) is 25.3 Å². The van der Waals surface area contributed by atoms with E-state index in [0.717, 1.165) is 28.2 Å². The summed E-state index contributed by atoms with van der Waals surface area (Å²) in [7, 11) is 0. The van der Waals surface area contributed by atoms with Gasteiger partial charge in [-0.1, -0.05) is 18.2 Å². The summed E-state index contributed by atoms with van der Waals surface area (Å²) in [4.78, 5) is 24.5. The predicted octanol–water partition coefficient (Wildman–Crippen LogP) is 5.50. The van der Waals surface area contributed by atoms with E-state index >= 15 is 0 Å². The Balaban J connectivity index is 1.45. The molecule has 4 rings (SSSR count). The van der Waals surface area contributed by atoms with Crippen LogP contribution in [-0.2, 0) is 16.1 Å². The van der Waals surface area contributed by atoms with E-state index in [9.17, 15) is 9.59 Å². The number of amides is 2. The van der Waals surface area contributed by atoms with Crippen molar-refractivity contribution in [1.82, 2.24) is 4.57 Å². The molecule has 0 aliphatic carbocycles. The molecule has 0 saturated heterocycles. The summed E-state index contributed by atoms with van der Waals surface area (Å²) in [6.07, 6.45) is 0. The Hall–Kier alpha value is -3.25. The number of anilines is 2. The lowest BCUT2D eigenvalue weighted by Crippen LogP contribution is -2.13. The quantitative estimate of drug-likeness (QED) is 0.407. The highest BCUT2D eigenvalue weighted by Crippen LogP contribution is 2.31. The van der Waals surface area contributed by atoms with Gasteiger partial charge in [-0.25, -0.2) is 0 Å². The van der Waals surface area contributed by atoms with Gasteiger partial charge >= 0.3 is 0 Å². The van der Waals surface area contributed by atoms with Gasteiger partial charge in [-0.05, 0) is 55.5 Å². The van der Waals surface area contributed by atoms with Crippen LogP contribution >= 0.6 is 11.8 Å². The summed E-state index contributed by atoms with van der Waals surface area (Å²) >= 11 is 1.46. The monoisotopic (exact) mass is 417 g/mol. The van der Waals surface area contributed by atoms with Gasteiger partial charge in [-0.3, -0.25) is 9.59 Å². The van der Waals surface area contributed by atoms with Gasteiger partial charge in [0.2, 0.25) is 11.8 Å². The first-order valence-corrected chi connectivity index (χ1v) is 10.8. The number of carbonyl (C=O) groups is 2. The molecule has 0 fully saturated rings. The van der Waals surface area contributed by atoms with Crippen molar-refractivity contribution in [2.75, 3.05) is 16.4 Å². The molecule has 4 aromatic rings. The number of para-hydroxylation sites is 1. The number of benzene rings is 3. The minimum Gasteiger partial charge on any atom is -0.341 e. The zero-order valence-electron chi connectivity index (χ0n) is 16.9.